The Bertz CT molecular complexity index is 433. The molecule has 110 valence electrons. The molecule has 1 aliphatic heterocycles. The van der Waals surface area contributed by atoms with Crippen molar-refractivity contribution in [1.29, 1.82) is 0 Å². The van der Waals surface area contributed by atoms with E-state index in [9.17, 15) is 9.18 Å². The standard InChI is InChI=1S/C14H19FN2O3/c1-17(14(18)13-10-16-6-8-20-13)7-9-19-12-4-2-11(15)3-5-12/h2-5,13,16H,6-10H2,1H3. The summed E-state index contributed by atoms with van der Waals surface area (Å²) in [4.78, 5) is 13.6. The highest BCUT2D eigenvalue weighted by molar-refractivity contribution is 5.81. The lowest BCUT2D eigenvalue weighted by atomic mass is 10.2. The van der Waals surface area contributed by atoms with Crippen molar-refractivity contribution in [2.24, 2.45) is 0 Å². The van der Waals surface area contributed by atoms with Crippen LogP contribution in [-0.4, -0.2) is 56.8 Å². The van der Waals surface area contributed by atoms with Gasteiger partial charge < -0.3 is 19.7 Å². The van der Waals surface area contributed by atoms with Crippen LogP contribution in [0.15, 0.2) is 24.3 Å². The zero-order chi connectivity index (χ0) is 14.4. The maximum absolute atomic E-state index is 12.7. The summed E-state index contributed by atoms with van der Waals surface area (Å²) >= 11 is 0. The molecule has 1 unspecified atom stereocenters. The van der Waals surface area contributed by atoms with Gasteiger partial charge in [-0.15, -0.1) is 0 Å². The van der Waals surface area contributed by atoms with E-state index in [0.717, 1.165) is 6.54 Å². The summed E-state index contributed by atoms with van der Waals surface area (Å²) in [7, 11) is 1.72. The molecule has 20 heavy (non-hydrogen) atoms. The van der Waals surface area contributed by atoms with Crippen molar-refractivity contribution in [2.45, 2.75) is 6.10 Å². The van der Waals surface area contributed by atoms with Crippen molar-refractivity contribution in [3.8, 4) is 5.75 Å². The van der Waals surface area contributed by atoms with E-state index >= 15 is 0 Å². The van der Waals surface area contributed by atoms with E-state index in [2.05, 4.69) is 5.32 Å². The fraction of sp³-hybridized carbons (Fsp3) is 0.500. The van der Waals surface area contributed by atoms with Gasteiger partial charge in [0.15, 0.2) is 0 Å². The summed E-state index contributed by atoms with van der Waals surface area (Å²) in [5.41, 5.74) is 0. The Labute approximate surface area is 117 Å². The minimum atomic E-state index is -0.417. The van der Waals surface area contributed by atoms with Gasteiger partial charge in [-0.05, 0) is 24.3 Å². The Balaban J connectivity index is 1.72. The van der Waals surface area contributed by atoms with Gasteiger partial charge >= 0.3 is 0 Å². The van der Waals surface area contributed by atoms with Gasteiger partial charge in [0.05, 0.1) is 13.2 Å². The summed E-state index contributed by atoms with van der Waals surface area (Å²) < 4.78 is 23.6. The van der Waals surface area contributed by atoms with E-state index in [1.54, 1.807) is 24.1 Å². The molecule has 1 aromatic carbocycles. The molecule has 1 aliphatic rings. The first-order valence-corrected chi connectivity index (χ1v) is 6.62. The highest BCUT2D eigenvalue weighted by atomic mass is 19.1. The summed E-state index contributed by atoms with van der Waals surface area (Å²) in [6.45, 7) is 2.68. The number of carbonyl (C=O) groups is 1. The molecule has 1 amide bonds. The van der Waals surface area contributed by atoms with Crippen molar-refractivity contribution in [2.75, 3.05) is 39.9 Å². The average molecular weight is 282 g/mol. The lowest BCUT2D eigenvalue weighted by Crippen LogP contribution is -2.49. The minimum absolute atomic E-state index is 0.0556. The van der Waals surface area contributed by atoms with Crippen LogP contribution in [0.5, 0.6) is 5.75 Å². The third kappa shape index (κ3) is 4.18. The number of nitrogens with one attached hydrogen (secondary N) is 1. The quantitative estimate of drug-likeness (QED) is 0.861. The fourth-order valence-electron chi connectivity index (χ4n) is 1.91. The zero-order valence-corrected chi connectivity index (χ0v) is 11.5. The van der Waals surface area contributed by atoms with Gasteiger partial charge in [0.25, 0.3) is 5.91 Å². The number of amides is 1. The normalized spacial score (nSPS) is 18.6. The third-order valence-electron chi connectivity index (χ3n) is 3.09. The van der Waals surface area contributed by atoms with Gasteiger partial charge in [-0.2, -0.15) is 0 Å². The van der Waals surface area contributed by atoms with Gasteiger partial charge in [0, 0.05) is 20.1 Å². The summed E-state index contributed by atoms with van der Waals surface area (Å²) in [5, 5.41) is 3.12. The van der Waals surface area contributed by atoms with Crippen molar-refractivity contribution in [3.05, 3.63) is 30.1 Å². The first kappa shape index (κ1) is 14.7. The van der Waals surface area contributed by atoms with Crippen LogP contribution < -0.4 is 10.1 Å². The Hall–Kier alpha value is -1.66. The Morgan fingerprint density at radius 2 is 2.25 bits per heavy atom. The summed E-state index contributed by atoms with van der Waals surface area (Å²) in [6, 6.07) is 5.80. The Morgan fingerprint density at radius 1 is 1.50 bits per heavy atom. The molecule has 0 saturated carbocycles. The molecule has 0 radical (unpaired) electrons. The Kier molecular flexibility index (Phi) is 5.31. The molecule has 0 bridgehead atoms. The Morgan fingerprint density at radius 3 is 2.90 bits per heavy atom. The molecular formula is C14H19FN2O3. The maximum atomic E-state index is 12.7. The number of hydrogen-bond acceptors (Lipinski definition) is 4. The second-order valence-corrected chi connectivity index (χ2v) is 4.63. The van der Waals surface area contributed by atoms with Crippen molar-refractivity contribution in [1.82, 2.24) is 10.2 Å². The molecule has 2 rings (SSSR count). The lowest BCUT2D eigenvalue weighted by Gasteiger charge is -2.27. The van der Waals surface area contributed by atoms with Gasteiger partial charge in [-0.1, -0.05) is 0 Å². The molecule has 1 N–H and O–H groups in total. The van der Waals surface area contributed by atoms with Crippen LogP contribution in [0, 0.1) is 5.82 Å². The van der Waals surface area contributed by atoms with Gasteiger partial charge in [-0.3, -0.25) is 4.79 Å². The van der Waals surface area contributed by atoms with Crippen LogP contribution in [-0.2, 0) is 9.53 Å². The molecule has 6 heteroatoms. The number of nitrogens with zero attached hydrogens (tertiary/aromatic N) is 1. The number of ether oxygens (including phenoxy) is 2. The fourth-order valence-corrected chi connectivity index (χ4v) is 1.91. The van der Waals surface area contributed by atoms with Crippen molar-refractivity contribution < 1.29 is 18.7 Å². The topological polar surface area (TPSA) is 50.8 Å². The second kappa shape index (κ2) is 7.21. The van der Waals surface area contributed by atoms with E-state index in [1.807, 2.05) is 0 Å². The molecule has 1 saturated heterocycles. The van der Waals surface area contributed by atoms with E-state index in [4.69, 9.17) is 9.47 Å². The van der Waals surface area contributed by atoms with Crippen molar-refractivity contribution >= 4 is 5.91 Å². The third-order valence-corrected chi connectivity index (χ3v) is 3.09. The number of rotatable bonds is 5. The molecule has 1 atom stereocenters. The molecule has 5 nitrogen and oxygen atoms in total. The first-order valence-electron chi connectivity index (χ1n) is 6.62. The van der Waals surface area contributed by atoms with Crippen LogP contribution in [0.2, 0.25) is 0 Å². The first-order chi connectivity index (χ1) is 9.66. The van der Waals surface area contributed by atoms with Gasteiger partial charge in [0.2, 0.25) is 0 Å². The van der Waals surface area contributed by atoms with Gasteiger partial charge in [-0.25, -0.2) is 4.39 Å². The van der Waals surface area contributed by atoms with E-state index in [-0.39, 0.29) is 11.7 Å². The van der Waals surface area contributed by atoms with Crippen LogP contribution >= 0.6 is 0 Å². The van der Waals surface area contributed by atoms with E-state index in [1.165, 1.54) is 12.1 Å². The van der Waals surface area contributed by atoms with Crippen LogP contribution in [0.25, 0.3) is 0 Å². The number of halogens is 1. The monoisotopic (exact) mass is 282 g/mol. The van der Waals surface area contributed by atoms with Crippen LogP contribution in [0.4, 0.5) is 4.39 Å². The molecule has 0 aliphatic carbocycles. The zero-order valence-electron chi connectivity index (χ0n) is 11.5. The number of benzene rings is 1. The average Bonchev–Trinajstić information content (AvgIpc) is 2.49. The number of carbonyl (C=O) groups excluding carboxylic acids is 1. The van der Waals surface area contributed by atoms with E-state index < -0.39 is 6.10 Å². The predicted molar refractivity (Wildman–Crippen MR) is 72.1 cm³/mol. The molecule has 1 aromatic rings. The number of hydrogen-bond donors (Lipinski definition) is 1. The smallest absolute Gasteiger partial charge is 0.252 e. The van der Waals surface area contributed by atoms with Crippen molar-refractivity contribution in [3.63, 3.8) is 0 Å². The summed E-state index contributed by atoms with van der Waals surface area (Å²) in [6.07, 6.45) is -0.417. The van der Waals surface area contributed by atoms with E-state index in [0.29, 0.717) is 32.1 Å². The second-order valence-electron chi connectivity index (χ2n) is 4.63. The highest BCUT2D eigenvalue weighted by Crippen LogP contribution is 2.11. The van der Waals surface area contributed by atoms with Gasteiger partial charge in [0.1, 0.15) is 24.3 Å². The summed E-state index contributed by atoms with van der Waals surface area (Å²) in [5.74, 6) is 0.231. The maximum Gasteiger partial charge on any atom is 0.252 e. The van der Waals surface area contributed by atoms with Crippen LogP contribution in [0.3, 0.4) is 0 Å². The lowest BCUT2D eigenvalue weighted by molar-refractivity contribution is -0.144. The molecule has 1 fully saturated rings. The predicted octanol–water partition coefficient (Wildman–Crippen LogP) is 0.651. The molecule has 1 heterocycles. The largest absolute Gasteiger partial charge is 0.492 e. The number of morpholine rings is 1. The molecule has 0 spiro atoms. The molecular weight excluding hydrogens is 263 g/mol. The van der Waals surface area contributed by atoms with Crippen LogP contribution in [0.1, 0.15) is 0 Å². The minimum Gasteiger partial charge on any atom is -0.492 e. The SMILES string of the molecule is CN(CCOc1ccc(F)cc1)C(=O)C1CNCCO1. The number of likely N-dealkylation sites (N-methyl/N-ethyl adjacent to an activating group) is 1. The highest BCUT2D eigenvalue weighted by Gasteiger charge is 2.24. The molecule has 0 aromatic heterocycles.